The summed E-state index contributed by atoms with van der Waals surface area (Å²) in [7, 11) is 1.67. The Labute approximate surface area is 129 Å². The highest BCUT2D eigenvalue weighted by atomic mass is 32.2. The average molecular weight is 304 g/mol. The lowest BCUT2D eigenvalue weighted by Gasteiger charge is -2.14. The minimum atomic E-state index is 0.231. The molecule has 0 aliphatic carbocycles. The minimum absolute atomic E-state index is 0.231. The highest BCUT2D eigenvalue weighted by Crippen LogP contribution is 2.37. The summed E-state index contributed by atoms with van der Waals surface area (Å²) >= 11 is 1.55. The van der Waals surface area contributed by atoms with Gasteiger partial charge in [-0.15, -0.1) is 0 Å². The third-order valence-electron chi connectivity index (χ3n) is 3.05. The lowest BCUT2D eigenvalue weighted by Crippen LogP contribution is -2.13. The first-order valence-electron chi connectivity index (χ1n) is 6.72. The second kappa shape index (κ2) is 6.78. The molecule has 2 aromatic rings. The fourth-order valence-electron chi connectivity index (χ4n) is 1.82. The maximum absolute atomic E-state index is 5.56. The quantitative estimate of drug-likeness (QED) is 0.501. The lowest BCUT2D eigenvalue weighted by molar-refractivity contribution is 0.405. The number of hydrazine groups is 1. The van der Waals surface area contributed by atoms with Crippen LogP contribution in [-0.4, -0.2) is 17.1 Å². The van der Waals surface area contributed by atoms with Crippen LogP contribution in [0.2, 0.25) is 0 Å². The Hall–Kier alpha value is -1.79. The number of hydrogen-bond donors (Lipinski definition) is 2. The number of benzene rings is 1. The van der Waals surface area contributed by atoms with Gasteiger partial charge in [-0.3, -0.25) is 0 Å². The maximum atomic E-state index is 5.56. The standard InChI is InChI=1S/C15H20N4OS/c1-9(2)13-17-14(19-16)10(3)15(18-13)21-12-8-6-5-7-11(12)20-4/h5-9H,16H2,1-4H3,(H,17,18,19). The monoisotopic (exact) mass is 304 g/mol. The molecule has 6 heteroatoms. The van der Waals surface area contributed by atoms with Gasteiger partial charge in [0.1, 0.15) is 22.4 Å². The van der Waals surface area contributed by atoms with Crippen LogP contribution in [0.5, 0.6) is 5.75 Å². The smallest absolute Gasteiger partial charge is 0.147 e. The first-order chi connectivity index (χ1) is 10.1. The SMILES string of the molecule is COc1ccccc1Sc1nc(C(C)C)nc(NN)c1C. The van der Waals surface area contributed by atoms with E-state index in [0.717, 1.165) is 27.1 Å². The van der Waals surface area contributed by atoms with Crippen molar-refractivity contribution in [3.8, 4) is 5.75 Å². The largest absolute Gasteiger partial charge is 0.496 e. The highest BCUT2D eigenvalue weighted by molar-refractivity contribution is 7.99. The fourth-order valence-corrected chi connectivity index (χ4v) is 2.81. The van der Waals surface area contributed by atoms with Crippen molar-refractivity contribution < 1.29 is 4.74 Å². The Kier molecular flexibility index (Phi) is 5.03. The Morgan fingerprint density at radius 2 is 1.95 bits per heavy atom. The van der Waals surface area contributed by atoms with E-state index in [0.29, 0.717) is 5.82 Å². The number of anilines is 1. The third kappa shape index (κ3) is 3.46. The average Bonchev–Trinajstić information content (AvgIpc) is 2.49. The molecule has 21 heavy (non-hydrogen) atoms. The van der Waals surface area contributed by atoms with E-state index < -0.39 is 0 Å². The molecule has 2 rings (SSSR count). The van der Waals surface area contributed by atoms with Gasteiger partial charge in [-0.25, -0.2) is 15.8 Å². The number of nitrogens with zero attached hydrogens (tertiary/aromatic N) is 2. The number of hydrogen-bond acceptors (Lipinski definition) is 6. The van der Waals surface area contributed by atoms with Gasteiger partial charge in [0.25, 0.3) is 0 Å². The number of para-hydroxylation sites is 1. The molecule has 0 fully saturated rings. The summed E-state index contributed by atoms with van der Waals surface area (Å²) in [5, 5.41) is 0.881. The summed E-state index contributed by atoms with van der Waals surface area (Å²) in [4.78, 5) is 10.1. The van der Waals surface area contributed by atoms with Crippen LogP contribution < -0.4 is 16.0 Å². The van der Waals surface area contributed by atoms with Crippen molar-refractivity contribution in [2.24, 2.45) is 5.84 Å². The molecule has 1 heterocycles. The van der Waals surface area contributed by atoms with E-state index in [9.17, 15) is 0 Å². The lowest BCUT2D eigenvalue weighted by atomic mass is 10.2. The van der Waals surface area contributed by atoms with Crippen LogP contribution in [0.4, 0.5) is 5.82 Å². The summed E-state index contributed by atoms with van der Waals surface area (Å²) in [6, 6.07) is 7.87. The van der Waals surface area contributed by atoms with Crippen LogP contribution in [0.15, 0.2) is 34.2 Å². The van der Waals surface area contributed by atoms with Crippen LogP contribution in [0, 0.1) is 6.92 Å². The molecule has 5 nitrogen and oxygen atoms in total. The summed E-state index contributed by atoms with van der Waals surface area (Å²) in [5.74, 6) is 8.05. The first-order valence-corrected chi connectivity index (χ1v) is 7.54. The van der Waals surface area contributed by atoms with Crippen molar-refractivity contribution in [3.63, 3.8) is 0 Å². The first kappa shape index (κ1) is 15.6. The summed E-state index contributed by atoms with van der Waals surface area (Å²) in [6.45, 7) is 6.07. The number of methoxy groups -OCH3 is 1. The second-order valence-electron chi connectivity index (χ2n) is 4.91. The van der Waals surface area contributed by atoms with E-state index in [2.05, 4.69) is 29.2 Å². The van der Waals surface area contributed by atoms with E-state index in [4.69, 9.17) is 10.6 Å². The molecule has 1 aromatic heterocycles. The van der Waals surface area contributed by atoms with Crippen molar-refractivity contribution in [2.75, 3.05) is 12.5 Å². The Balaban J connectivity index is 2.45. The van der Waals surface area contributed by atoms with Gasteiger partial charge in [0.15, 0.2) is 0 Å². The number of aromatic nitrogens is 2. The molecule has 0 spiro atoms. The van der Waals surface area contributed by atoms with Crippen LogP contribution in [-0.2, 0) is 0 Å². The molecular formula is C15H20N4OS. The van der Waals surface area contributed by atoms with Gasteiger partial charge in [-0.1, -0.05) is 37.7 Å². The Morgan fingerprint density at radius 1 is 1.24 bits per heavy atom. The highest BCUT2D eigenvalue weighted by Gasteiger charge is 2.15. The normalized spacial score (nSPS) is 10.8. The van der Waals surface area contributed by atoms with E-state index in [-0.39, 0.29) is 5.92 Å². The molecule has 0 bridgehead atoms. The van der Waals surface area contributed by atoms with E-state index in [1.165, 1.54) is 0 Å². The molecule has 112 valence electrons. The molecule has 0 aliphatic rings. The molecule has 1 aromatic carbocycles. The topological polar surface area (TPSA) is 73.1 Å². The van der Waals surface area contributed by atoms with Crippen LogP contribution >= 0.6 is 11.8 Å². The van der Waals surface area contributed by atoms with Crippen molar-refractivity contribution >= 4 is 17.6 Å². The van der Waals surface area contributed by atoms with Gasteiger partial charge >= 0.3 is 0 Å². The number of rotatable bonds is 5. The Bertz CT molecular complexity index is 631. The van der Waals surface area contributed by atoms with E-state index >= 15 is 0 Å². The third-order valence-corrected chi connectivity index (χ3v) is 4.20. The second-order valence-corrected chi connectivity index (χ2v) is 5.94. The van der Waals surface area contributed by atoms with E-state index in [1.54, 1.807) is 18.9 Å². The molecular weight excluding hydrogens is 284 g/mol. The fraction of sp³-hybridized carbons (Fsp3) is 0.333. The zero-order valence-corrected chi connectivity index (χ0v) is 13.5. The van der Waals surface area contributed by atoms with Gasteiger partial charge in [0, 0.05) is 11.5 Å². The van der Waals surface area contributed by atoms with Crippen LogP contribution in [0.1, 0.15) is 31.2 Å². The van der Waals surface area contributed by atoms with E-state index in [1.807, 2.05) is 31.2 Å². The molecule has 3 N–H and O–H groups in total. The van der Waals surface area contributed by atoms with Crippen LogP contribution in [0.3, 0.4) is 0 Å². The Morgan fingerprint density at radius 3 is 2.57 bits per heavy atom. The number of nitrogens with two attached hydrogens (primary N) is 1. The van der Waals surface area contributed by atoms with Gasteiger partial charge in [0.2, 0.25) is 0 Å². The zero-order chi connectivity index (χ0) is 15.4. The van der Waals surface area contributed by atoms with Crippen molar-refractivity contribution in [3.05, 3.63) is 35.7 Å². The molecule has 0 atom stereocenters. The van der Waals surface area contributed by atoms with Crippen molar-refractivity contribution in [1.82, 2.24) is 9.97 Å². The molecule has 0 saturated carbocycles. The number of nitrogens with one attached hydrogen (secondary N) is 1. The summed E-state index contributed by atoms with van der Waals surface area (Å²) in [6.07, 6.45) is 0. The predicted octanol–water partition coefficient (Wildman–Crippen LogP) is 3.35. The van der Waals surface area contributed by atoms with Gasteiger partial charge < -0.3 is 10.2 Å². The molecule has 0 radical (unpaired) electrons. The van der Waals surface area contributed by atoms with Gasteiger partial charge in [0.05, 0.1) is 12.0 Å². The van der Waals surface area contributed by atoms with Crippen LogP contribution in [0.25, 0.3) is 0 Å². The predicted molar refractivity (Wildman–Crippen MR) is 85.8 cm³/mol. The number of ether oxygens (including phenoxy) is 1. The molecule has 0 saturated heterocycles. The zero-order valence-electron chi connectivity index (χ0n) is 12.7. The summed E-state index contributed by atoms with van der Waals surface area (Å²) in [5.41, 5.74) is 3.58. The van der Waals surface area contributed by atoms with Gasteiger partial charge in [-0.05, 0) is 19.1 Å². The molecule has 0 aliphatic heterocycles. The minimum Gasteiger partial charge on any atom is -0.496 e. The summed E-state index contributed by atoms with van der Waals surface area (Å²) < 4.78 is 5.39. The van der Waals surface area contributed by atoms with Gasteiger partial charge in [-0.2, -0.15) is 0 Å². The molecule has 0 unspecified atom stereocenters. The maximum Gasteiger partial charge on any atom is 0.147 e. The van der Waals surface area contributed by atoms with Crippen molar-refractivity contribution in [2.45, 2.75) is 36.6 Å². The number of nitrogen functional groups attached to an aromatic ring is 1. The molecule has 0 amide bonds. The van der Waals surface area contributed by atoms with Crippen molar-refractivity contribution in [1.29, 1.82) is 0 Å².